The second-order valence-electron chi connectivity index (χ2n) is 2.90. The molecule has 0 aromatic heterocycles. The number of hydrogen-bond donors (Lipinski definition) is 1. The molecule has 16 heavy (non-hydrogen) atoms. The lowest BCUT2D eigenvalue weighted by Gasteiger charge is -1.98. The summed E-state index contributed by atoms with van der Waals surface area (Å²) in [5.41, 5.74) is -0.0249. The summed E-state index contributed by atoms with van der Waals surface area (Å²) in [5.74, 6) is -2.52. The summed E-state index contributed by atoms with van der Waals surface area (Å²) in [6.45, 7) is 0. The van der Waals surface area contributed by atoms with Crippen LogP contribution in [-0.2, 0) is 9.53 Å². The molecule has 0 fully saturated rings. The third-order valence-electron chi connectivity index (χ3n) is 1.85. The Kier molecular flexibility index (Phi) is 3.77. The van der Waals surface area contributed by atoms with E-state index in [2.05, 4.69) is 4.74 Å². The Morgan fingerprint density at radius 1 is 1.44 bits per heavy atom. The molecular weight excluding hydrogens is 215 g/mol. The summed E-state index contributed by atoms with van der Waals surface area (Å²) in [6.07, 6.45) is 2.27. The minimum absolute atomic E-state index is 0.121. The van der Waals surface area contributed by atoms with Gasteiger partial charge in [-0.05, 0) is 18.2 Å². The van der Waals surface area contributed by atoms with Crippen LogP contribution in [0.1, 0.15) is 15.9 Å². The molecular formula is C11H9FO4. The topological polar surface area (TPSA) is 63.6 Å². The minimum atomic E-state index is -1.21. The highest BCUT2D eigenvalue weighted by atomic mass is 19.1. The number of benzene rings is 1. The number of aromatic carboxylic acids is 1. The average molecular weight is 224 g/mol. The lowest BCUT2D eigenvalue weighted by Crippen LogP contribution is -1.98. The normalized spacial score (nSPS) is 10.4. The average Bonchev–Trinajstić information content (AvgIpc) is 2.26. The van der Waals surface area contributed by atoms with Gasteiger partial charge in [0.2, 0.25) is 0 Å². The summed E-state index contributed by atoms with van der Waals surface area (Å²) in [6, 6.07) is 3.42. The molecule has 1 aromatic rings. The molecule has 0 bridgehead atoms. The van der Waals surface area contributed by atoms with Crippen molar-refractivity contribution >= 4 is 18.0 Å². The molecule has 5 heteroatoms. The van der Waals surface area contributed by atoms with Crippen molar-refractivity contribution in [1.82, 2.24) is 0 Å². The fraction of sp³-hybridized carbons (Fsp3) is 0.0909. The maximum atomic E-state index is 13.3. The van der Waals surface area contributed by atoms with Crippen molar-refractivity contribution in [2.24, 2.45) is 0 Å². The Bertz CT molecular complexity index is 451. The smallest absolute Gasteiger partial charge is 0.335 e. The van der Waals surface area contributed by atoms with Gasteiger partial charge in [0.1, 0.15) is 5.82 Å². The number of carboxylic acids is 1. The van der Waals surface area contributed by atoms with Crippen LogP contribution in [0, 0.1) is 5.82 Å². The second kappa shape index (κ2) is 5.06. The highest BCUT2D eigenvalue weighted by Crippen LogP contribution is 2.12. The lowest BCUT2D eigenvalue weighted by molar-refractivity contribution is -0.134. The number of hydrogen-bond acceptors (Lipinski definition) is 3. The predicted octanol–water partition coefficient (Wildman–Crippen LogP) is 1.71. The van der Waals surface area contributed by atoms with E-state index in [-0.39, 0.29) is 11.1 Å². The van der Waals surface area contributed by atoms with Gasteiger partial charge < -0.3 is 9.84 Å². The van der Waals surface area contributed by atoms with Crippen LogP contribution in [-0.4, -0.2) is 24.2 Å². The molecule has 0 heterocycles. The van der Waals surface area contributed by atoms with Gasteiger partial charge in [-0.3, -0.25) is 0 Å². The first-order valence-electron chi connectivity index (χ1n) is 4.33. The predicted molar refractivity (Wildman–Crippen MR) is 54.4 cm³/mol. The van der Waals surface area contributed by atoms with Crippen molar-refractivity contribution < 1.29 is 23.8 Å². The highest BCUT2D eigenvalue weighted by molar-refractivity contribution is 5.89. The lowest BCUT2D eigenvalue weighted by atomic mass is 10.1. The molecule has 84 valence electrons. The van der Waals surface area contributed by atoms with Gasteiger partial charge in [0.05, 0.1) is 12.7 Å². The van der Waals surface area contributed by atoms with Gasteiger partial charge in [-0.2, -0.15) is 0 Å². The molecule has 0 saturated heterocycles. The van der Waals surface area contributed by atoms with Crippen LogP contribution in [0.3, 0.4) is 0 Å². The number of ether oxygens (including phenoxy) is 1. The summed E-state index contributed by atoms with van der Waals surface area (Å²) in [7, 11) is 1.20. The van der Waals surface area contributed by atoms with Crippen molar-refractivity contribution in [2.45, 2.75) is 0 Å². The SMILES string of the molecule is COC(=O)C=Cc1ccc(C(=O)O)cc1F. The Morgan fingerprint density at radius 2 is 2.12 bits per heavy atom. The molecule has 1 N–H and O–H groups in total. The van der Waals surface area contributed by atoms with Gasteiger partial charge in [0.25, 0.3) is 0 Å². The third kappa shape index (κ3) is 2.91. The number of methoxy groups -OCH3 is 1. The van der Waals surface area contributed by atoms with Gasteiger partial charge in [-0.15, -0.1) is 0 Å². The van der Waals surface area contributed by atoms with E-state index in [0.717, 1.165) is 12.1 Å². The fourth-order valence-corrected chi connectivity index (χ4v) is 1.02. The van der Waals surface area contributed by atoms with Crippen LogP contribution in [0.5, 0.6) is 0 Å². The van der Waals surface area contributed by atoms with E-state index in [9.17, 15) is 14.0 Å². The fourth-order valence-electron chi connectivity index (χ4n) is 1.02. The zero-order valence-electron chi connectivity index (χ0n) is 8.44. The number of halogens is 1. The Labute approximate surface area is 91.0 Å². The summed E-state index contributed by atoms with van der Waals surface area (Å²) < 4.78 is 17.6. The van der Waals surface area contributed by atoms with Gasteiger partial charge in [0, 0.05) is 11.6 Å². The van der Waals surface area contributed by atoms with Crippen molar-refractivity contribution in [3.05, 3.63) is 41.2 Å². The molecule has 0 saturated carbocycles. The van der Waals surface area contributed by atoms with E-state index in [1.165, 1.54) is 25.3 Å². The molecule has 0 radical (unpaired) electrons. The van der Waals surface area contributed by atoms with Gasteiger partial charge in [0.15, 0.2) is 0 Å². The Balaban J connectivity index is 2.95. The van der Waals surface area contributed by atoms with Crippen LogP contribution in [0.25, 0.3) is 6.08 Å². The maximum Gasteiger partial charge on any atom is 0.335 e. The van der Waals surface area contributed by atoms with E-state index >= 15 is 0 Å². The molecule has 0 spiro atoms. The molecule has 0 aliphatic carbocycles. The first-order chi connectivity index (χ1) is 7.54. The maximum absolute atomic E-state index is 13.3. The monoisotopic (exact) mass is 224 g/mol. The Hall–Kier alpha value is -2.17. The molecule has 0 aliphatic heterocycles. The number of rotatable bonds is 3. The molecule has 0 amide bonds. The number of carbonyl (C=O) groups excluding carboxylic acids is 1. The van der Waals surface area contributed by atoms with Gasteiger partial charge in [-0.1, -0.05) is 6.07 Å². The molecule has 0 unspecified atom stereocenters. The quantitative estimate of drug-likeness (QED) is 0.627. The van der Waals surface area contributed by atoms with Crippen LogP contribution < -0.4 is 0 Å². The van der Waals surface area contributed by atoms with Crippen LogP contribution in [0.2, 0.25) is 0 Å². The summed E-state index contributed by atoms with van der Waals surface area (Å²) in [5, 5.41) is 8.60. The Morgan fingerprint density at radius 3 is 2.62 bits per heavy atom. The second-order valence-corrected chi connectivity index (χ2v) is 2.90. The van der Waals surface area contributed by atoms with Crippen molar-refractivity contribution in [3.8, 4) is 0 Å². The van der Waals surface area contributed by atoms with E-state index in [1.54, 1.807) is 0 Å². The first-order valence-corrected chi connectivity index (χ1v) is 4.33. The zero-order chi connectivity index (χ0) is 12.1. The first kappa shape index (κ1) is 11.9. The van der Waals surface area contributed by atoms with E-state index in [4.69, 9.17) is 5.11 Å². The van der Waals surface area contributed by atoms with Gasteiger partial charge >= 0.3 is 11.9 Å². The highest BCUT2D eigenvalue weighted by Gasteiger charge is 2.06. The molecule has 0 aliphatic rings. The van der Waals surface area contributed by atoms with E-state index in [0.29, 0.717) is 0 Å². The number of esters is 1. The zero-order valence-corrected chi connectivity index (χ0v) is 8.44. The van der Waals surface area contributed by atoms with Crippen LogP contribution in [0.4, 0.5) is 4.39 Å². The summed E-state index contributed by atoms with van der Waals surface area (Å²) in [4.78, 5) is 21.3. The van der Waals surface area contributed by atoms with E-state index in [1.807, 2.05) is 0 Å². The molecule has 1 aromatic carbocycles. The van der Waals surface area contributed by atoms with Crippen LogP contribution in [0.15, 0.2) is 24.3 Å². The van der Waals surface area contributed by atoms with Crippen molar-refractivity contribution in [3.63, 3.8) is 0 Å². The largest absolute Gasteiger partial charge is 0.478 e. The number of carboxylic acid groups (broad SMARTS) is 1. The molecule has 4 nitrogen and oxygen atoms in total. The van der Waals surface area contributed by atoms with E-state index < -0.39 is 17.8 Å². The molecule has 1 rings (SSSR count). The number of carbonyl (C=O) groups is 2. The van der Waals surface area contributed by atoms with Crippen molar-refractivity contribution in [1.29, 1.82) is 0 Å². The van der Waals surface area contributed by atoms with Crippen molar-refractivity contribution in [2.75, 3.05) is 7.11 Å². The standard InChI is InChI=1S/C11H9FO4/c1-16-10(13)5-4-7-2-3-8(11(14)15)6-9(7)12/h2-6H,1H3,(H,14,15). The minimum Gasteiger partial charge on any atom is -0.478 e. The van der Waals surface area contributed by atoms with Gasteiger partial charge in [-0.25, -0.2) is 14.0 Å². The third-order valence-corrected chi connectivity index (χ3v) is 1.85. The molecule has 0 atom stereocenters. The summed E-state index contributed by atoms with van der Waals surface area (Å²) >= 11 is 0. The van der Waals surface area contributed by atoms with Crippen LogP contribution >= 0.6 is 0 Å².